The molecular weight excluding hydrogens is 265 g/mol. The van der Waals surface area contributed by atoms with Gasteiger partial charge >= 0.3 is 6.18 Å². The van der Waals surface area contributed by atoms with Gasteiger partial charge < -0.3 is 5.73 Å². The summed E-state index contributed by atoms with van der Waals surface area (Å²) in [6.45, 7) is 5.72. The maximum Gasteiger partial charge on any atom is 0.416 e. The molecule has 1 heterocycles. The van der Waals surface area contributed by atoms with E-state index in [4.69, 9.17) is 5.73 Å². The molecular formula is C15H21F3N2. The van der Waals surface area contributed by atoms with E-state index in [9.17, 15) is 13.2 Å². The van der Waals surface area contributed by atoms with E-state index in [1.165, 1.54) is 12.1 Å². The maximum atomic E-state index is 12.8. The Morgan fingerprint density at radius 1 is 1.35 bits per heavy atom. The van der Waals surface area contributed by atoms with Gasteiger partial charge in [-0.25, -0.2) is 0 Å². The van der Waals surface area contributed by atoms with Crippen LogP contribution in [0, 0.1) is 5.92 Å². The average molecular weight is 286 g/mol. The Balaban J connectivity index is 2.15. The molecule has 0 saturated carbocycles. The van der Waals surface area contributed by atoms with Gasteiger partial charge in [-0.05, 0) is 37.0 Å². The Labute approximate surface area is 117 Å². The Bertz CT molecular complexity index is 459. The standard InChI is InChI=1S/C15H21F3N2/c1-10-9-20(7-6-14(10)19)11(2)12-4-3-5-13(8-12)15(16,17)18/h3-5,8,10-11,14H,6-7,9,19H2,1-2H3. The van der Waals surface area contributed by atoms with Crippen LogP contribution in [0.4, 0.5) is 13.2 Å². The molecule has 0 amide bonds. The number of halogens is 3. The highest BCUT2D eigenvalue weighted by Gasteiger charge is 2.32. The Hall–Kier alpha value is -1.07. The van der Waals surface area contributed by atoms with Gasteiger partial charge in [-0.2, -0.15) is 13.2 Å². The predicted molar refractivity (Wildman–Crippen MR) is 73.2 cm³/mol. The van der Waals surface area contributed by atoms with Crippen LogP contribution in [-0.2, 0) is 6.18 Å². The third-order valence-electron chi connectivity index (χ3n) is 4.25. The molecule has 1 aromatic rings. The zero-order chi connectivity index (χ0) is 14.9. The minimum atomic E-state index is -4.28. The molecule has 1 aliphatic heterocycles. The Morgan fingerprint density at radius 3 is 2.65 bits per heavy atom. The van der Waals surface area contributed by atoms with Gasteiger partial charge in [0.2, 0.25) is 0 Å². The summed E-state index contributed by atoms with van der Waals surface area (Å²) in [4.78, 5) is 2.21. The van der Waals surface area contributed by atoms with E-state index in [1.807, 2.05) is 6.92 Å². The molecule has 0 aromatic heterocycles. The summed E-state index contributed by atoms with van der Waals surface area (Å²) >= 11 is 0. The van der Waals surface area contributed by atoms with E-state index >= 15 is 0 Å². The van der Waals surface area contributed by atoms with E-state index in [-0.39, 0.29) is 12.1 Å². The largest absolute Gasteiger partial charge is 0.416 e. The monoisotopic (exact) mass is 286 g/mol. The lowest BCUT2D eigenvalue weighted by atomic mass is 9.92. The number of nitrogens with two attached hydrogens (primary N) is 1. The molecule has 0 spiro atoms. The third-order valence-corrected chi connectivity index (χ3v) is 4.25. The van der Waals surface area contributed by atoms with Crippen molar-refractivity contribution in [1.29, 1.82) is 0 Å². The summed E-state index contributed by atoms with van der Waals surface area (Å²) < 4.78 is 38.3. The maximum absolute atomic E-state index is 12.8. The SMILES string of the molecule is CC1CN(C(C)c2cccc(C(F)(F)F)c2)CCC1N. The highest BCUT2D eigenvalue weighted by atomic mass is 19.4. The lowest BCUT2D eigenvalue weighted by molar-refractivity contribution is -0.137. The Morgan fingerprint density at radius 2 is 2.05 bits per heavy atom. The summed E-state index contributed by atoms with van der Waals surface area (Å²) in [6.07, 6.45) is -3.39. The fraction of sp³-hybridized carbons (Fsp3) is 0.600. The van der Waals surface area contributed by atoms with Crippen molar-refractivity contribution in [3.8, 4) is 0 Å². The molecule has 1 aliphatic rings. The molecule has 2 N–H and O–H groups in total. The second-order valence-electron chi connectivity index (χ2n) is 5.72. The zero-order valence-electron chi connectivity index (χ0n) is 11.8. The van der Waals surface area contributed by atoms with Crippen LogP contribution in [0.15, 0.2) is 24.3 Å². The second kappa shape index (κ2) is 5.74. The molecule has 1 aromatic carbocycles. The van der Waals surface area contributed by atoms with Crippen LogP contribution in [0.3, 0.4) is 0 Å². The van der Waals surface area contributed by atoms with Crippen LogP contribution in [0.25, 0.3) is 0 Å². The molecule has 2 rings (SSSR count). The smallest absolute Gasteiger partial charge is 0.327 e. The van der Waals surface area contributed by atoms with Crippen molar-refractivity contribution in [2.75, 3.05) is 13.1 Å². The van der Waals surface area contributed by atoms with E-state index in [0.717, 1.165) is 25.6 Å². The van der Waals surface area contributed by atoms with Gasteiger partial charge in [0.1, 0.15) is 0 Å². The van der Waals surface area contributed by atoms with E-state index < -0.39 is 11.7 Å². The molecule has 20 heavy (non-hydrogen) atoms. The Kier molecular flexibility index (Phi) is 4.39. The third kappa shape index (κ3) is 3.33. The molecule has 0 bridgehead atoms. The van der Waals surface area contributed by atoms with E-state index in [0.29, 0.717) is 11.5 Å². The molecule has 5 heteroatoms. The minimum Gasteiger partial charge on any atom is -0.327 e. The van der Waals surface area contributed by atoms with Gasteiger partial charge in [-0.1, -0.05) is 19.1 Å². The van der Waals surface area contributed by atoms with Gasteiger partial charge in [0.25, 0.3) is 0 Å². The lowest BCUT2D eigenvalue weighted by Crippen LogP contribution is -2.46. The molecule has 1 fully saturated rings. The highest BCUT2D eigenvalue weighted by Crippen LogP contribution is 2.32. The minimum absolute atomic E-state index is 0.0211. The number of hydrogen-bond donors (Lipinski definition) is 1. The molecule has 0 aliphatic carbocycles. The van der Waals surface area contributed by atoms with Crippen molar-refractivity contribution < 1.29 is 13.2 Å². The summed E-state index contributed by atoms with van der Waals surface area (Å²) in [5.41, 5.74) is 6.12. The van der Waals surface area contributed by atoms with Crippen LogP contribution in [-0.4, -0.2) is 24.0 Å². The van der Waals surface area contributed by atoms with Gasteiger partial charge in [0, 0.05) is 25.2 Å². The molecule has 0 radical (unpaired) electrons. The van der Waals surface area contributed by atoms with E-state index in [1.54, 1.807) is 6.07 Å². The average Bonchev–Trinajstić information content (AvgIpc) is 2.40. The molecule has 2 nitrogen and oxygen atoms in total. The van der Waals surface area contributed by atoms with Gasteiger partial charge in [0.15, 0.2) is 0 Å². The fourth-order valence-electron chi connectivity index (χ4n) is 2.73. The molecule has 1 saturated heterocycles. The van der Waals surface area contributed by atoms with Crippen LogP contribution in [0.2, 0.25) is 0 Å². The summed E-state index contributed by atoms with van der Waals surface area (Å²) in [5, 5.41) is 0. The first-order valence-corrected chi connectivity index (χ1v) is 6.96. The van der Waals surface area contributed by atoms with Gasteiger partial charge in [-0.15, -0.1) is 0 Å². The van der Waals surface area contributed by atoms with Crippen LogP contribution in [0.5, 0.6) is 0 Å². The van der Waals surface area contributed by atoms with Gasteiger partial charge in [-0.3, -0.25) is 4.90 Å². The normalized spacial score (nSPS) is 26.5. The predicted octanol–water partition coefficient (Wildman–Crippen LogP) is 3.44. The van der Waals surface area contributed by atoms with Crippen molar-refractivity contribution in [1.82, 2.24) is 4.90 Å². The fourth-order valence-corrected chi connectivity index (χ4v) is 2.73. The van der Waals surface area contributed by atoms with Crippen molar-refractivity contribution in [3.63, 3.8) is 0 Å². The second-order valence-corrected chi connectivity index (χ2v) is 5.72. The molecule has 3 atom stereocenters. The molecule has 112 valence electrons. The first-order chi connectivity index (χ1) is 9.29. The van der Waals surface area contributed by atoms with Crippen LogP contribution in [0.1, 0.15) is 37.4 Å². The first kappa shape index (κ1) is 15.3. The lowest BCUT2D eigenvalue weighted by Gasteiger charge is -2.39. The number of hydrogen-bond acceptors (Lipinski definition) is 2. The topological polar surface area (TPSA) is 29.3 Å². The number of benzene rings is 1. The van der Waals surface area contributed by atoms with Gasteiger partial charge in [0.05, 0.1) is 5.56 Å². The number of nitrogens with zero attached hydrogens (tertiary/aromatic N) is 1. The number of likely N-dealkylation sites (tertiary alicyclic amines) is 1. The summed E-state index contributed by atoms with van der Waals surface area (Å²) in [7, 11) is 0. The van der Waals surface area contributed by atoms with Crippen molar-refractivity contribution in [2.45, 2.75) is 38.5 Å². The number of rotatable bonds is 2. The first-order valence-electron chi connectivity index (χ1n) is 6.96. The summed E-state index contributed by atoms with van der Waals surface area (Å²) in [5.74, 6) is 0.372. The van der Waals surface area contributed by atoms with Crippen LogP contribution >= 0.6 is 0 Å². The van der Waals surface area contributed by atoms with Crippen molar-refractivity contribution >= 4 is 0 Å². The van der Waals surface area contributed by atoms with E-state index in [2.05, 4.69) is 11.8 Å². The van der Waals surface area contributed by atoms with Crippen LogP contribution < -0.4 is 5.73 Å². The number of piperidine rings is 1. The number of alkyl halides is 3. The zero-order valence-corrected chi connectivity index (χ0v) is 11.8. The van der Waals surface area contributed by atoms with Crippen molar-refractivity contribution in [2.24, 2.45) is 11.7 Å². The van der Waals surface area contributed by atoms with Crippen molar-refractivity contribution in [3.05, 3.63) is 35.4 Å². The molecule has 3 unspecified atom stereocenters. The quantitative estimate of drug-likeness (QED) is 0.902. The summed E-state index contributed by atoms with van der Waals surface area (Å²) in [6, 6.07) is 5.79. The highest BCUT2D eigenvalue weighted by molar-refractivity contribution is 5.27.